The molecule has 0 saturated heterocycles. The summed E-state index contributed by atoms with van der Waals surface area (Å²) in [7, 11) is 1.75. The average Bonchev–Trinajstić information content (AvgIpc) is 3.24. The molecule has 0 spiro atoms. The van der Waals surface area contributed by atoms with E-state index in [1.807, 2.05) is 30.3 Å². The molecule has 0 fully saturated rings. The quantitative estimate of drug-likeness (QED) is 0.325. The van der Waals surface area contributed by atoms with E-state index in [0.717, 1.165) is 46.6 Å². The molecule has 6 nitrogen and oxygen atoms in total. The van der Waals surface area contributed by atoms with Gasteiger partial charge in [-0.1, -0.05) is 37.2 Å². The molecule has 0 bridgehead atoms. The standard InChI is InChI=1S/C19H24N4O2.HI/c1-4-16-15(17(5-2)25-23-16)12-22-19(20-3)21-11-14-10-13-8-6-7-9-18(13)24-14;/h6-10H,4-5,11-12H2,1-3H3,(H2,20,21,22);1H. The minimum absolute atomic E-state index is 0. The first-order valence-corrected chi connectivity index (χ1v) is 8.63. The van der Waals surface area contributed by atoms with Crippen molar-refractivity contribution in [2.24, 2.45) is 4.99 Å². The monoisotopic (exact) mass is 468 g/mol. The van der Waals surface area contributed by atoms with Crippen LogP contribution < -0.4 is 10.6 Å². The van der Waals surface area contributed by atoms with Crippen molar-refractivity contribution in [2.45, 2.75) is 39.8 Å². The summed E-state index contributed by atoms with van der Waals surface area (Å²) in [6.45, 7) is 5.35. The van der Waals surface area contributed by atoms with Crippen LogP contribution in [0.2, 0.25) is 0 Å². The molecule has 3 aromatic rings. The smallest absolute Gasteiger partial charge is 0.191 e. The fraction of sp³-hybridized carbons (Fsp3) is 0.368. The first-order valence-electron chi connectivity index (χ1n) is 8.63. The van der Waals surface area contributed by atoms with Crippen molar-refractivity contribution in [1.82, 2.24) is 15.8 Å². The van der Waals surface area contributed by atoms with Crippen LogP contribution in [0.25, 0.3) is 11.0 Å². The van der Waals surface area contributed by atoms with E-state index in [4.69, 9.17) is 8.94 Å². The van der Waals surface area contributed by atoms with E-state index < -0.39 is 0 Å². The van der Waals surface area contributed by atoms with E-state index >= 15 is 0 Å². The Balaban J connectivity index is 0.00000243. The van der Waals surface area contributed by atoms with Gasteiger partial charge in [-0.2, -0.15) is 0 Å². The summed E-state index contributed by atoms with van der Waals surface area (Å²) < 4.78 is 11.2. The number of nitrogens with one attached hydrogen (secondary N) is 2. The molecule has 0 aliphatic carbocycles. The first-order chi connectivity index (χ1) is 12.2. The molecule has 0 radical (unpaired) electrons. The molecule has 0 unspecified atom stereocenters. The second-order valence-electron chi connectivity index (χ2n) is 5.77. The Morgan fingerprint density at radius 1 is 1.12 bits per heavy atom. The van der Waals surface area contributed by atoms with Crippen LogP contribution in [-0.2, 0) is 25.9 Å². The van der Waals surface area contributed by atoms with Gasteiger partial charge in [0.1, 0.15) is 17.1 Å². The van der Waals surface area contributed by atoms with E-state index in [-0.39, 0.29) is 24.0 Å². The van der Waals surface area contributed by atoms with Crippen molar-refractivity contribution in [2.75, 3.05) is 7.05 Å². The van der Waals surface area contributed by atoms with Crippen molar-refractivity contribution < 1.29 is 8.94 Å². The van der Waals surface area contributed by atoms with Gasteiger partial charge in [-0.25, -0.2) is 0 Å². The van der Waals surface area contributed by atoms with Gasteiger partial charge in [0.2, 0.25) is 0 Å². The SMILES string of the molecule is CCc1noc(CC)c1CNC(=NC)NCc1cc2ccccc2o1.I. The molecular formula is C19H25IN4O2. The van der Waals surface area contributed by atoms with Gasteiger partial charge < -0.3 is 19.6 Å². The lowest BCUT2D eigenvalue weighted by molar-refractivity contribution is 0.380. The van der Waals surface area contributed by atoms with Crippen molar-refractivity contribution in [3.63, 3.8) is 0 Å². The van der Waals surface area contributed by atoms with Gasteiger partial charge in [-0.3, -0.25) is 4.99 Å². The Morgan fingerprint density at radius 3 is 2.58 bits per heavy atom. The highest BCUT2D eigenvalue weighted by Crippen LogP contribution is 2.18. The molecule has 0 atom stereocenters. The number of hydrogen-bond donors (Lipinski definition) is 2. The molecule has 7 heteroatoms. The largest absolute Gasteiger partial charge is 0.459 e. The van der Waals surface area contributed by atoms with Crippen LogP contribution in [-0.4, -0.2) is 18.2 Å². The number of nitrogens with zero attached hydrogens (tertiary/aromatic N) is 2. The molecule has 0 aliphatic heterocycles. The summed E-state index contributed by atoms with van der Waals surface area (Å²) in [6, 6.07) is 10.0. The number of aliphatic imine (C=N–C) groups is 1. The van der Waals surface area contributed by atoms with Gasteiger partial charge in [0.05, 0.1) is 12.2 Å². The van der Waals surface area contributed by atoms with Crippen molar-refractivity contribution in [3.8, 4) is 0 Å². The number of fused-ring (bicyclic) bond motifs is 1. The maximum Gasteiger partial charge on any atom is 0.191 e. The fourth-order valence-electron chi connectivity index (χ4n) is 2.83. The predicted octanol–water partition coefficient (Wildman–Crippen LogP) is 4.03. The minimum atomic E-state index is 0. The van der Waals surface area contributed by atoms with E-state index in [0.29, 0.717) is 19.0 Å². The molecule has 0 aliphatic rings. The number of benzene rings is 1. The first kappa shape index (κ1) is 20.3. The van der Waals surface area contributed by atoms with Crippen LogP contribution in [0.15, 0.2) is 44.3 Å². The lowest BCUT2D eigenvalue weighted by Gasteiger charge is -2.11. The Morgan fingerprint density at radius 2 is 1.88 bits per heavy atom. The highest BCUT2D eigenvalue weighted by molar-refractivity contribution is 14.0. The second kappa shape index (κ2) is 9.61. The summed E-state index contributed by atoms with van der Waals surface area (Å²) in [5.74, 6) is 2.51. The summed E-state index contributed by atoms with van der Waals surface area (Å²) >= 11 is 0. The zero-order valence-electron chi connectivity index (χ0n) is 15.3. The maximum absolute atomic E-state index is 5.82. The van der Waals surface area contributed by atoms with Crippen LogP contribution in [0.3, 0.4) is 0 Å². The molecule has 26 heavy (non-hydrogen) atoms. The Bertz CT molecular complexity index is 815. The Kier molecular flexibility index (Phi) is 7.50. The predicted molar refractivity (Wildman–Crippen MR) is 114 cm³/mol. The number of aryl methyl sites for hydroxylation is 2. The van der Waals surface area contributed by atoms with Crippen LogP contribution in [0.4, 0.5) is 0 Å². The van der Waals surface area contributed by atoms with Crippen molar-refractivity contribution in [3.05, 3.63) is 53.1 Å². The molecule has 2 aromatic heterocycles. The molecular weight excluding hydrogens is 443 g/mol. The lowest BCUT2D eigenvalue weighted by Crippen LogP contribution is -2.36. The summed E-state index contributed by atoms with van der Waals surface area (Å²) in [5, 5.41) is 11.8. The number of hydrogen-bond acceptors (Lipinski definition) is 4. The maximum atomic E-state index is 5.82. The van der Waals surface area contributed by atoms with E-state index in [2.05, 4.69) is 34.6 Å². The minimum Gasteiger partial charge on any atom is -0.459 e. The van der Waals surface area contributed by atoms with Gasteiger partial charge in [0, 0.05) is 31.0 Å². The molecule has 3 rings (SSSR count). The summed E-state index contributed by atoms with van der Waals surface area (Å²) in [6.07, 6.45) is 1.68. The summed E-state index contributed by atoms with van der Waals surface area (Å²) in [5.41, 5.74) is 3.01. The highest BCUT2D eigenvalue weighted by Gasteiger charge is 2.13. The van der Waals surface area contributed by atoms with Crippen molar-refractivity contribution in [1.29, 1.82) is 0 Å². The third-order valence-corrected chi connectivity index (χ3v) is 4.17. The van der Waals surface area contributed by atoms with Gasteiger partial charge in [-0.05, 0) is 18.6 Å². The zero-order valence-corrected chi connectivity index (χ0v) is 17.7. The molecule has 2 heterocycles. The second-order valence-corrected chi connectivity index (χ2v) is 5.77. The number of guanidine groups is 1. The third-order valence-electron chi connectivity index (χ3n) is 4.17. The average molecular weight is 468 g/mol. The summed E-state index contributed by atoms with van der Waals surface area (Å²) in [4.78, 5) is 4.27. The molecule has 0 amide bonds. The number of aromatic nitrogens is 1. The topological polar surface area (TPSA) is 75.6 Å². The number of halogens is 1. The number of para-hydroxylation sites is 1. The highest BCUT2D eigenvalue weighted by atomic mass is 127. The number of rotatable bonds is 6. The van der Waals surface area contributed by atoms with E-state index in [9.17, 15) is 0 Å². The lowest BCUT2D eigenvalue weighted by atomic mass is 10.1. The van der Waals surface area contributed by atoms with E-state index in [1.165, 1.54) is 0 Å². The normalized spacial score (nSPS) is 11.4. The molecule has 0 saturated carbocycles. The molecule has 1 aromatic carbocycles. The van der Waals surface area contributed by atoms with Crippen LogP contribution in [0.1, 0.15) is 36.6 Å². The fourth-order valence-corrected chi connectivity index (χ4v) is 2.83. The van der Waals surface area contributed by atoms with Crippen LogP contribution >= 0.6 is 24.0 Å². The van der Waals surface area contributed by atoms with Gasteiger partial charge in [0.25, 0.3) is 0 Å². The van der Waals surface area contributed by atoms with E-state index in [1.54, 1.807) is 7.05 Å². The van der Waals surface area contributed by atoms with Crippen molar-refractivity contribution >= 4 is 40.9 Å². The van der Waals surface area contributed by atoms with Crippen LogP contribution in [0.5, 0.6) is 0 Å². The Labute approximate surface area is 170 Å². The van der Waals surface area contributed by atoms with Gasteiger partial charge in [-0.15, -0.1) is 24.0 Å². The molecule has 140 valence electrons. The van der Waals surface area contributed by atoms with Gasteiger partial charge in [0.15, 0.2) is 5.96 Å². The van der Waals surface area contributed by atoms with Crippen LogP contribution in [0, 0.1) is 0 Å². The Hall–Kier alpha value is -2.03. The zero-order chi connectivity index (χ0) is 17.6. The van der Waals surface area contributed by atoms with Gasteiger partial charge >= 0.3 is 0 Å². The molecule has 2 N–H and O–H groups in total. The number of furan rings is 1. The third kappa shape index (κ3) is 4.57.